The molecule has 7 heteroatoms. The molecule has 1 N–H and O–H groups in total. The smallest absolute Gasteiger partial charge is 0.255 e. The number of aryl methyl sites for hydroxylation is 2. The highest BCUT2D eigenvalue weighted by Crippen LogP contribution is 2.19. The molecule has 2 aromatic rings. The monoisotopic (exact) mass is 411 g/mol. The molecule has 1 fully saturated rings. The molecule has 1 atom stereocenters. The zero-order chi connectivity index (χ0) is 21.5. The molecule has 0 radical (unpaired) electrons. The summed E-state index contributed by atoms with van der Waals surface area (Å²) < 4.78 is 1.77. The Morgan fingerprint density at radius 1 is 1.20 bits per heavy atom. The number of piperidine rings is 1. The molecule has 0 bridgehead atoms. The van der Waals surface area contributed by atoms with Crippen LogP contribution in [0.4, 0.5) is 0 Å². The summed E-state index contributed by atoms with van der Waals surface area (Å²) in [6, 6.07) is 5.60. The summed E-state index contributed by atoms with van der Waals surface area (Å²) in [6.07, 6.45) is 7.83. The van der Waals surface area contributed by atoms with Gasteiger partial charge in [0.25, 0.3) is 5.91 Å². The van der Waals surface area contributed by atoms with E-state index in [-0.39, 0.29) is 17.7 Å². The Bertz CT molecular complexity index is 859. The first-order chi connectivity index (χ1) is 14.5. The maximum absolute atomic E-state index is 13.0. The van der Waals surface area contributed by atoms with Gasteiger partial charge >= 0.3 is 0 Å². The van der Waals surface area contributed by atoms with Crippen molar-refractivity contribution in [2.75, 3.05) is 19.6 Å². The van der Waals surface area contributed by atoms with Gasteiger partial charge in [-0.25, -0.2) is 9.67 Å². The van der Waals surface area contributed by atoms with Gasteiger partial charge in [-0.3, -0.25) is 9.59 Å². The number of carbonyl (C=O) groups is 2. The summed E-state index contributed by atoms with van der Waals surface area (Å²) >= 11 is 0. The summed E-state index contributed by atoms with van der Waals surface area (Å²) in [5.41, 5.74) is 2.47. The maximum Gasteiger partial charge on any atom is 0.255 e. The van der Waals surface area contributed by atoms with Crippen LogP contribution in [0.15, 0.2) is 24.4 Å². The number of nitrogens with zero attached hydrogens (tertiary/aromatic N) is 4. The lowest BCUT2D eigenvalue weighted by molar-refractivity contribution is -0.126. The van der Waals surface area contributed by atoms with Crippen molar-refractivity contribution in [1.82, 2.24) is 25.0 Å². The standard InChI is InChI=1S/C23H33N5O2/c1-4-5-6-7-12-24-22(29)20-9-8-13-27(16-20)23(30)19-10-11-21(25-15-19)28-18(3)14-17(2)26-28/h10-11,14-15,20H,4-9,12-13,16H2,1-3H3,(H,24,29). The minimum absolute atomic E-state index is 0.0668. The molecule has 2 aromatic heterocycles. The van der Waals surface area contributed by atoms with Crippen LogP contribution in [0.3, 0.4) is 0 Å². The average Bonchev–Trinajstić information content (AvgIpc) is 3.11. The summed E-state index contributed by atoms with van der Waals surface area (Å²) in [6.45, 7) is 7.96. The molecule has 2 amide bonds. The van der Waals surface area contributed by atoms with Gasteiger partial charge in [0, 0.05) is 31.5 Å². The van der Waals surface area contributed by atoms with E-state index >= 15 is 0 Å². The van der Waals surface area contributed by atoms with Crippen molar-refractivity contribution in [2.45, 2.75) is 59.3 Å². The molecule has 0 aromatic carbocycles. The predicted molar refractivity (Wildman–Crippen MR) is 117 cm³/mol. The number of pyridine rings is 1. The third-order valence-corrected chi connectivity index (χ3v) is 5.63. The SMILES string of the molecule is CCCCCCNC(=O)C1CCCN(C(=O)c2ccc(-n3nc(C)cc3C)nc2)C1. The van der Waals surface area contributed by atoms with E-state index in [1.165, 1.54) is 12.8 Å². The zero-order valence-electron chi connectivity index (χ0n) is 18.4. The lowest BCUT2D eigenvalue weighted by atomic mass is 9.96. The molecular weight excluding hydrogens is 378 g/mol. The van der Waals surface area contributed by atoms with Gasteiger partial charge in [-0.15, -0.1) is 0 Å². The molecule has 0 aliphatic carbocycles. The van der Waals surface area contributed by atoms with E-state index in [2.05, 4.69) is 22.3 Å². The first kappa shape index (κ1) is 22.0. The minimum Gasteiger partial charge on any atom is -0.356 e. The Morgan fingerprint density at radius 3 is 2.70 bits per heavy atom. The molecule has 3 rings (SSSR count). The Labute approximate surface area is 178 Å². The molecule has 30 heavy (non-hydrogen) atoms. The van der Waals surface area contributed by atoms with Crippen LogP contribution in [0.1, 0.15) is 67.2 Å². The molecule has 1 saturated heterocycles. The van der Waals surface area contributed by atoms with E-state index in [0.29, 0.717) is 24.5 Å². The van der Waals surface area contributed by atoms with Crippen LogP contribution in [-0.2, 0) is 4.79 Å². The van der Waals surface area contributed by atoms with Crippen molar-refractivity contribution in [2.24, 2.45) is 5.92 Å². The lowest BCUT2D eigenvalue weighted by Crippen LogP contribution is -2.45. The second kappa shape index (κ2) is 10.4. The number of hydrogen-bond donors (Lipinski definition) is 1. The maximum atomic E-state index is 13.0. The molecule has 7 nitrogen and oxygen atoms in total. The molecule has 1 aliphatic heterocycles. The van der Waals surface area contributed by atoms with Crippen molar-refractivity contribution in [3.05, 3.63) is 41.3 Å². The Hall–Kier alpha value is -2.70. The van der Waals surface area contributed by atoms with Gasteiger partial charge in [-0.2, -0.15) is 5.10 Å². The van der Waals surface area contributed by atoms with E-state index in [1.54, 1.807) is 21.8 Å². The molecule has 0 saturated carbocycles. The predicted octanol–water partition coefficient (Wildman–Crippen LogP) is 3.43. The number of hydrogen-bond acceptors (Lipinski definition) is 4. The molecule has 1 aliphatic rings. The Kier molecular flexibility index (Phi) is 7.60. The van der Waals surface area contributed by atoms with Crippen molar-refractivity contribution in [1.29, 1.82) is 0 Å². The van der Waals surface area contributed by atoms with Crippen LogP contribution in [-0.4, -0.2) is 51.1 Å². The van der Waals surface area contributed by atoms with E-state index < -0.39 is 0 Å². The topological polar surface area (TPSA) is 80.1 Å². The van der Waals surface area contributed by atoms with E-state index in [9.17, 15) is 9.59 Å². The zero-order valence-corrected chi connectivity index (χ0v) is 18.4. The number of likely N-dealkylation sites (tertiary alicyclic amines) is 1. The third-order valence-electron chi connectivity index (χ3n) is 5.63. The van der Waals surface area contributed by atoms with Crippen LogP contribution in [0.5, 0.6) is 0 Å². The number of aromatic nitrogens is 3. The fourth-order valence-corrected chi connectivity index (χ4v) is 3.96. The summed E-state index contributed by atoms with van der Waals surface area (Å²) in [5.74, 6) is 0.566. The second-order valence-electron chi connectivity index (χ2n) is 8.19. The number of amides is 2. The molecule has 162 valence electrons. The van der Waals surface area contributed by atoms with Gasteiger partial charge in [0.2, 0.25) is 5.91 Å². The first-order valence-corrected chi connectivity index (χ1v) is 11.1. The van der Waals surface area contributed by atoms with Crippen LogP contribution in [0.25, 0.3) is 5.82 Å². The van der Waals surface area contributed by atoms with E-state index in [1.807, 2.05) is 26.0 Å². The summed E-state index contributed by atoms with van der Waals surface area (Å²) in [4.78, 5) is 31.7. The van der Waals surface area contributed by atoms with Gasteiger partial charge in [0.05, 0.1) is 17.2 Å². The Morgan fingerprint density at radius 2 is 2.03 bits per heavy atom. The third kappa shape index (κ3) is 5.46. The van der Waals surface area contributed by atoms with E-state index in [4.69, 9.17) is 0 Å². The normalized spacial score (nSPS) is 16.5. The van der Waals surface area contributed by atoms with Gasteiger partial charge in [0.1, 0.15) is 0 Å². The fourth-order valence-electron chi connectivity index (χ4n) is 3.96. The molecule has 3 heterocycles. The number of rotatable bonds is 8. The van der Waals surface area contributed by atoms with Crippen LogP contribution in [0.2, 0.25) is 0 Å². The van der Waals surface area contributed by atoms with Crippen LogP contribution < -0.4 is 5.32 Å². The molecular formula is C23H33N5O2. The second-order valence-corrected chi connectivity index (χ2v) is 8.19. The van der Waals surface area contributed by atoms with Crippen molar-refractivity contribution >= 4 is 11.8 Å². The number of nitrogens with one attached hydrogen (secondary N) is 1. The van der Waals surface area contributed by atoms with Crippen LogP contribution >= 0.6 is 0 Å². The minimum atomic E-state index is -0.129. The molecule has 1 unspecified atom stereocenters. The van der Waals surface area contributed by atoms with Crippen molar-refractivity contribution in [3.63, 3.8) is 0 Å². The first-order valence-electron chi connectivity index (χ1n) is 11.1. The fraction of sp³-hybridized carbons (Fsp3) is 0.565. The molecule has 0 spiro atoms. The lowest BCUT2D eigenvalue weighted by Gasteiger charge is -2.32. The Balaban J connectivity index is 1.57. The number of unbranched alkanes of at least 4 members (excludes halogenated alkanes) is 3. The quantitative estimate of drug-likeness (QED) is 0.675. The van der Waals surface area contributed by atoms with Crippen molar-refractivity contribution < 1.29 is 9.59 Å². The van der Waals surface area contributed by atoms with Gasteiger partial charge in [-0.05, 0) is 51.3 Å². The van der Waals surface area contributed by atoms with Crippen LogP contribution in [0, 0.1) is 19.8 Å². The number of carbonyl (C=O) groups excluding carboxylic acids is 2. The average molecular weight is 412 g/mol. The van der Waals surface area contributed by atoms with E-state index in [0.717, 1.165) is 43.6 Å². The summed E-state index contributed by atoms with van der Waals surface area (Å²) in [7, 11) is 0. The van der Waals surface area contributed by atoms with Gasteiger partial charge in [0.15, 0.2) is 5.82 Å². The van der Waals surface area contributed by atoms with Gasteiger partial charge in [-0.1, -0.05) is 26.2 Å². The highest BCUT2D eigenvalue weighted by Gasteiger charge is 2.28. The largest absolute Gasteiger partial charge is 0.356 e. The highest BCUT2D eigenvalue weighted by atomic mass is 16.2. The van der Waals surface area contributed by atoms with Gasteiger partial charge < -0.3 is 10.2 Å². The highest BCUT2D eigenvalue weighted by molar-refractivity contribution is 5.94. The van der Waals surface area contributed by atoms with Crippen molar-refractivity contribution in [3.8, 4) is 5.82 Å². The summed E-state index contributed by atoms with van der Waals surface area (Å²) in [5, 5.41) is 7.47.